The second kappa shape index (κ2) is 19.5. The van der Waals surface area contributed by atoms with E-state index in [-0.39, 0.29) is 30.6 Å². The number of hydrogen-bond acceptors (Lipinski definition) is 3. The van der Waals surface area contributed by atoms with Crippen molar-refractivity contribution >= 4 is 33.5 Å². The highest BCUT2D eigenvalue weighted by Gasteiger charge is 2.31. The first-order valence-corrected chi connectivity index (χ1v) is 16.4. The number of halogens is 6. The molecule has 0 saturated carbocycles. The minimum absolute atomic E-state index is 0. The Bertz CT molecular complexity index is 2380. The first kappa shape index (κ1) is 42.8. The third-order valence-corrected chi connectivity index (χ3v) is 8.02. The van der Waals surface area contributed by atoms with Gasteiger partial charge in [-0.25, -0.2) is 4.79 Å². The predicted octanol–water partition coefficient (Wildman–Crippen LogP) is 11.6. The van der Waals surface area contributed by atoms with Crippen LogP contribution in [0.1, 0.15) is 66.7 Å². The molecule has 0 heterocycles. The Balaban J connectivity index is 0.000000244. The highest BCUT2D eigenvalue weighted by molar-refractivity contribution is 5.95. The zero-order chi connectivity index (χ0) is 39.3. The van der Waals surface area contributed by atoms with E-state index in [4.69, 9.17) is 6.42 Å². The Morgan fingerprint density at radius 1 is 0.655 bits per heavy atom. The average Bonchev–Trinajstić information content (AvgIpc) is 3.16. The van der Waals surface area contributed by atoms with E-state index in [9.17, 15) is 35.9 Å². The lowest BCUT2D eigenvalue weighted by Crippen LogP contribution is -2.25. The summed E-state index contributed by atoms with van der Waals surface area (Å²) in [5.74, 6) is 6.44. The smallest absolute Gasteiger partial charge is 0.339 e. The maximum Gasteiger partial charge on any atom is 0.416 e. The number of nitrogens with zero attached hydrogens (tertiary/aromatic N) is 1. The van der Waals surface area contributed by atoms with Gasteiger partial charge in [0.25, 0.3) is 5.91 Å². The number of aliphatic imine (C=N–C) groups is 1. The fourth-order valence-corrected chi connectivity index (χ4v) is 5.39. The third kappa shape index (κ3) is 12.2. The molecule has 6 aromatic carbocycles. The summed E-state index contributed by atoms with van der Waals surface area (Å²) in [4.78, 5) is 26.1. The number of fused-ring (bicyclic) bond motifs is 2. The van der Waals surface area contributed by atoms with Gasteiger partial charge in [0.15, 0.2) is 0 Å². The van der Waals surface area contributed by atoms with Crippen LogP contribution in [0.2, 0.25) is 0 Å². The van der Waals surface area contributed by atoms with Crippen molar-refractivity contribution in [3.8, 4) is 24.2 Å². The number of carbonyl (C=O) groups excluding carboxylic acids is 2. The van der Waals surface area contributed by atoms with Crippen molar-refractivity contribution in [2.75, 3.05) is 0 Å². The molecule has 0 aliphatic carbocycles. The van der Waals surface area contributed by atoms with Crippen LogP contribution in [0.4, 0.5) is 26.3 Å². The van der Waals surface area contributed by atoms with Gasteiger partial charge in [0.05, 0.1) is 23.2 Å². The van der Waals surface area contributed by atoms with Crippen LogP contribution in [0.15, 0.2) is 138 Å². The fourth-order valence-electron chi connectivity index (χ4n) is 5.39. The lowest BCUT2D eigenvalue weighted by atomic mass is 10.00. The standard InChI is InChI=1S/C22H16F3NO.C13H11NO.C9H5F3.CH4/c1-15(19-11-5-8-17-7-2-3-10-20(17)19)26-21(27)13-12-16-6-4-9-18(14-16)22(23,24)25;1-10(14-9-15)12-8-4-6-11-5-2-3-7-13(11)12;1-2-7-4-3-5-8(6-7)9(10,11)12;/h2-11,14-15H,1H3,(H,26,27);2-8,10H,1H3;1,3-6H;1H4. The molecular formula is C45H36F6N2O2. The predicted molar refractivity (Wildman–Crippen MR) is 205 cm³/mol. The molecule has 0 spiro atoms. The van der Waals surface area contributed by atoms with Crippen molar-refractivity contribution in [3.05, 3.63) is 167 Å². The van der Waals surface area contributed by atoms with Crippen molar-refractivity contribution in [1.82, 2.24) is 5.32 Å². The molecule has 1 amide bonds. The van der Waals surface area contributed by atoms with Crippen LogP contribution >= 0.6 is 0 Å². The van der Waals surface area contributed by atoms with E-state index >= 15 is 0 Å². The van der Waals surface area contributed by atoms with Gasteiger partial charge in [-0.15, -0.1) is 6.42 Å². The van der Waals surface area contributed by atoms with E-state index in [0.29, 0.717) is 0 Å². The molecule has 2 atom stereocenters. The lowest BCUT2D eigenvalue weighted by molar-refractivity contribution is -0.138. The summed E-state index contributed by atoms with van der Waals surface area (Å²) in [6, 6.07) is 36.6. The first-order valence-electron chi connectivity index (χ1n) is 16.4. The molecule has 6 rings (SSSR count). The topological polar surface area (TPSA) is 58.5 Å². The number of hydrogen-bond donors (Lipinski definition) is 1. The lowest BCUT2D eigenvalue weighted by Gasteiger charge is -2.15. The molecule has 6 aromatic rings. The van der Waals surface area contributed by atoms with Gasteiger partial charge in [0.2, 0.25) is 6.08 Å². The van der Waals surface area contributed by atoms with Gasteiger partial charge in [-0.05, 0) is 82.9 Å². The summed E-state index contributed by atoms with van der Waals surface area (Å²) < 4.78 is 74.3. The molecule has 4 nitrogen and oxygen atoms in total. The summed E-state index contributed by atoms with van der Waals surface area (Å²) in [6.45, 7) is 3.73. The largest absolute Gasteiger partial charge is 0.416 e. The number of amides is 1. The Kier molecular flexibility index (Phi) is 15.1. The maximum atomic E-state index is 12.7. The summed E-state index contributed by atoms with van der Waals surface area (Å²) in [5, 5.41) is 7.17. The summed E-state index contributed by atoms with van der Waals surface area (Å²) >= 11 is 0. The van der Waals surface area contributed by atoms with Crippen LogP contribution < -0.4 is 5.32 Å². The minimum Gasteiger partial charge on any atom is -0.339 e. The van der Waals surface area contributed by atoms with Gasteiger partial charge >= 0.3 is 12.4 Å². The zero-order valence-corrected chi connectivity index (χ0v) is 29.0. The number of rotatable bonds is 4. The SMILES string of the molecule is C.C#Cc1cccc(C(F)(F)F)c1.CC(N=C=O)c1cccc2ccccc12.CC(NC(=O)C#Cc1cccc(C(F)(F)F)c1)c1cccc2ccccc12. The Morgan fingerprint density at radius 2 is 1.11 bits per heavy atom. The van der Waals surface area contributed by atoms with E-state index in [2.05, 4.69) is 40.2 Å². The third-order valence-electron chi connectivity index (χ3n) is 8.02. The van der Waals surface area contributed by atoms with Crippen molar-refractivity contribution in [2.24, 2.45) is 4.99 Å². The molecule has 1 N–H and O–H groups in total. The molecule has 55 heavy (non-hydrogen) atoms. The van der Waals surface area contributed by atoms with Crippen LogP contribution in [0, 0.1) is 24.2 Å². The molecule has 0 aromatic heterocycles. The number of benzene rings is 6. The van der Waals surface area contributed by atoms with Gasteiger partial charge in [-0.3, -0.25) is 4.79 Å². The van der Waals surface area contributed by atoms with Gasteiger partial charge < -0.3 is 5.32 Å². The van der Waals surface area contributed by atoms with Crippen LogP contribution in [0.3, 0.4) is 0 Å². The van der Waals surface area contributed by atoms with Gasteiger partial charge in [-0.1, -0.05) is 116 Å². The monoisotopic (exact) mass is 750 g/mol. The molecule has 0 bridgehead atoms. The molecule has 0 aliphatic rings. The average molecular weight is 751 g/mol. The van der Waals surface area contributed by atoms with Crippen LogP contribution in [-0.4, -0.2) is 12.0 Å². The highest BCUT2D eigenvalue weighted by atomic mass is 19.4. The van der Waals surface area contributed by atoms with Crippen LogP contribution in [0.25, 0.3) is 21.5 Å². The van der Waals surface area contributed by atoms with Gasteiger partial charge in [0.1, 0.15) is 0 Å². The highest BCUT2D eigenvalue weighted by Crippen LogP contribution is 2.31. The van der Waals surface area contributed by atoms with Gasteiger partial charge in [-0.2, -0.15) is 31.3 Å². The maximum absolute atomic E-state index is 12.7. The van der Waals surface area contributed by atoms with E-state index in [1.54, 1.807) is 6.08 Å². The number of nitrogens with one attached hydrogen (secondary N) is 1. The molecule has 0 aliphatic heterocycles. The molecule has 2 unspecified atom stereocenters. The number of alkyl halides is 6. The Labute approximate surface area is 315 Å². The Hall–Kier alpha value is -6.61. The first-order chi connectivity index (χ1) is 25.7. The van der Waals surface area contributed by atoms with Crippen LogP contribution in [-0.2, 0) is 21.9 Å². The van der Waals surface area contributed by atoms with Crippen LogP contribution in [0.5, 0.6) is 0 Å². The molecule has 280 valence electrons. The molecule has 0 saturated heterocycles. The second-order valence-corrected chi connectivity index (χ2v) is 11.8. The molecular weight excluding hydrogens is 714 g/mol. The summed E-state index contributed by atoms with van der Waals surface area (Å²) in [7, 11) is 0. The quantitative estimate of drug-likeness (QED) is 0.0844. The van der Waals surface area contributed by atoms with E-state index in [1.807, 2.05) is 86.6 Å². The Morgan fingerprint density at radius 3 is 1.64 bits per heavy atom. The summed E-state index contributed by atoms with van der Waals surface area (Å²) in [6.07, 6.45) is -2.20. The number of isocyanates is 1. The minimum atomic E-state index is -4.44. The second-order valence-electron chi connectivity index (χ2n) is 11.8. The normalized spacial score (nSPS) is 11.6. The van der Waals surface area contributed by atoms with E-state index < -0.39 is 29.4 Å². The van der Waals surface area contributed by atoms with Crippen molar-refractivity contribution in [1.29, 1.82) is 0 Å². The fraction of sp³-hybridized carbons (Fsp3) is 0.156. The van der Waals surface area contributed by atoms with Crippen molar-refractivity contribution in [3.63, 3.8) is 0 Å². The van der Waals surface area contributed by atoms with Gasteiger partial charge in [0, 0.05) is 17.0 Å². The number of terminal acetylenes is 1. The van der Waals surface area contributed by atoms with Crippen molar-refractivity contribution < 1.29 is 35.9 Å². The zero-order valence-electron chi connectivity index (χ0n) is 29.0. The number of carbonyl (C=O) groups is 1. The van der Waals surface area contributed by atoms with E-state index in [1.165, 1.54) is 29.7 Å². The van der Waals surface area contributed by atoms with Crippen molar-refractivity contribution in [2.45, 2.75) is 45.7 Å². The molecule has 0 fully saturated rings. The van der Waals surface area contributed by atoms with E-state index in [0.717, 1.165) is 51.6 Å². The summed E-state index contributed by atoms with van der Waals surface area (Å²) in [5.41, 5.74) is 0.887. The molecule has 0 radical (unpaired) electrons. The molecule has 10 heteroatoms.